The van der Waals surface area contributed by atoms with Gasteiger partial charge in [-0.15, -0.1) is 0 Å². The van der Waals surface area contributed by atoms with E-state index in [1.807, 2.05) is 0 Å². The molecule has 3 rings (SSSR count). The van der Waals surface area contributed by atoms with Gasteiger partial charge in [0.25, 0.3) is 0 Å². The van der Waals surface area contributed by atoms with E-state index in [0.717, 1.165) is 0 Å². The molecule has 0 amide bonds. The summed E-state index contributed by atoms with van der Waals surface area (Å²) in [6.45, 7) is 0.452. The van der Waals surface area contributed by atoms with Crippen LogP contribution in [0.4, 0.5) is 13.2 Å². The molecule has 1 aromatic heterocycles. The van der Waals surface area contributed by atoms with Crippen LogP contribution in [0.2, 0.25) is 0 Å². The lowest BCUT2D eigenvalue weighted by Gasteiger charge is -2.11. The van der Waals surface area contributed by atoms with E-state index < -0.39 is 12.4 Å². The monoisotopic (exact) mass is 392 g/mol. The first-order valence-corrected chi connectivity index (χ1v) is 8.29. The lowest BCUT2D eigenvalue weighted by atomic mass is 10.1. The zero-order valence-electron chi connectivity index (χ0n) is 14.4. The second-order valence-corrected chi connectivity index (χ2v) is 6.17. The smallest absolute Gasteiger partial charge is 0.387 e. The number of aryl methyl sites for hydroxylation is 2. The van der Waals surface area contributed by atoms with E-state index in [4.69, 9.17) is 12.2 Å². The van der Waals surface area contributed by atoms with Crippen molar-refractivity contribution in [1.82, 2.24) is 14.9 Å². The predicted octanol–water partition coefficient (Wildman–Crippen LogP) is 4.85. The van der Waals surface area contributed by atoms with Crippen molar-refractivity contribution in [2.45, 2.75) is 20.5 Å². The number of nitrogens with zero attached hydrogens (tertiary/aromatic N) is 3. The number of ether oxygens (including phenoxy) is 1. The highest BCUT2D eigenvalue weighted by Crippen LogP contribution is 2.26. The minimum absolute atomic E-state index is 0.141. The van der Waals surface area contributed by atoms with Gasteiger partial charge in [0.2, 0.25) is 4.77 Å². The van der Waals surface area contributed by atoms with Crippen molar-refractivity contribution in [2.75, 3.05) is 0 Å². The van der Waals surface area contributed by atoms with Gasteiger partial charge in [-0.25, -0.2) is 9.49 Å². The molecule has 2 aromatic carbocycles. The number of hydrogen-bond acceptors (Lipinski definition) is 4. The van der Waals surface area contributed by atoms with Crippen LogP contribution in [0, 0.1) is 24.4 Å². The summed E-state index contributed by atoms with van der Waals surface area (Å²) in [7, 11) is 0. The van der Waals surface area contributed by atoms with E-state index in [1.165, 1.54) is 23.0 Å². The molecule has 0 unspecified atom stereocenters. The molecule has 0 aliphatic heterocycles. The van der Waals surface area contributed by atoms with Crippen molar-refractivity contribution in [2.24, 2.45) is 5.10 Å². The Kier molecular flexibility index (Phi) is 5.41. The van der Waals surface area contributed by atoms with Crippen molar-refractivity contribution >= 4 is 18.4 Å². The minimum Gasteiger partial charge on any atom is -0.434 e. The van der Waals surface area contributed by atoms with E-state index in [2.05, 4.69) is 20.0 Å². The van der Waals surface area contributed by atoms with E-state index in [1.54, 1.807) is 38.1 Å². The average Bonchev–Trinajstić information content (AvgIpc) is 2.97. The van der Waals surface area contributed by atoms with Crippen molar-refractivity contribution in [3.63, 3.8) is 0 Å². The number of hydrogen-bond donors (Lipinski definition) is 1. The van der Waals surface area contributed by atoms with Crippen LogP contribution in [-0.4, -0.2) is 27.7 Å². The molecule has 0 saturated heterocycles. The van der Waals surface area contributed by atoms with Crippen LogP contribution in [-0.2, 0) is 0 Å². The van der Waals surface area contributed by atoms with Gasteiger partial charge < -0.3 is 4.74 Å². The number of alkyl halides is 2. The number of benzene rings is 2. The minimum atomic E-state index is -2.89. The standard InChI is InChI=1S/C18H15F3N4OS/c1-10-6-12(7-11(2)15(10)26-17(20)21)9-22-25-16(23-24-18(25)27)13-4-3-5-14(19)8-13/h3-9,17H,1-2H3,(H,24,27)/b22-9-. The van der Waals surface area contributed by atoms with Gasteiger partial charge in [0.1, 0.15) is 11.6 Å². The van der Waals surface area contributed by atoms with Gasteiger partial charge in [-0.1, -0.05) is 12.1 Å². The molecule has 9 heteroatoms. The maximum atomic E-state index is 13.5. The Hall–Kier alpha value is -2.94. The molecule has 1 N–H and O–H groups in total. The third kappa shape index (κ3) is 4.25. The molecule has 1 heterocycles. The topological polar surface area (TPSA) is 55.2 Å². The molecule has 0 fully saturated rings. The second-order valence-electron chi connectivity index (χ2n) is 5.78. The first-order chi connectivity index (χ1) is 12.8. The summed E-state index contributed by atoms with van der Waals surface area (Å²) in [5.41, 5.74) is 2.28. The van der Waals surface area contributed by atoms with Gasteiger partial charge in [-0.3, -0.25) is 0 Å². The average molecular weight is 392 g/mol. The number of aromatic amines is 1. The highest BCUT2D eigenvalue weighted by atomic mass is 32.1. The number of aromatic nitrogens is 3. The first-order valence-electron chi connectivity index (χ1n) is 7.89. The maximum Gasteiger partial charge on any atom is 0.387 e. The summed E-state index contributed by atoms with van der Waals surface area (Å²) in [5, 5.41) is 11.0. The molecule has 0 spiro atoms. The Bertz CT molecular complexity index is 1040. The van der Waals surface area contributed by atoms with Crippen LogP contribution in [0.15, 0.2) is 41.5 Å². The summed E-state index contributed by atoms with van der Waals surface area (Å²) in [6, 6.07) is 9.23. The number of nitrogens with one attached hydrogen (secondary N) is 1. The summed E-state index contributed by atoms with van der Waals surface area (Å²) in [4.78, 5) is 0. The van der Waals surface area contributed by atoms with E-state index >= 15 is 0 Å². The molecule has 0 radical (unpaired) electrons. The Morgan fingerprint density at radius 3 is 2.56 bits per heavy atom. The lowest BCUT2D eigenvalue weighted by Crippen LogP contribution is -2.05. The third-order valence-corrected chi connectivity index (χ3v) is 4.01. The van der Waals surface area contributed by atoms with E-state index in [-0.39, 0.29) is 10.5 Å². The maximum absolute atomic E-state index is 13.5. The summed E-state index contributed by atoms with van der Waals surface area (Å²) in [6.07, 6.45) is 1.51. The normalized spacial score (nSPS) is 11.5. The molecule has 0 aliphatic rings. The number of halogens is 3. The second kappa shape index (κ2) is 7.75. The quantitative estimate of drug-likeness (QED) is 0.499. The van der Waals surface area contributed by atoms with Crippen molar-refractivity contribution in [3.05, 3.63) is 63.7 Å². The molecule has 140 valence electrons. The molecular weight excluding hydrogens is 377 g/mol. The molecule has 0 aliphatic carbocycles. The van der Waals surface area contributed by atoms with Crippen molar-refractivity contribution in [1.29, 1.82) is 0 Å². The molecule has 0 atom stereocenters. The van der Waals surface area contributed by atoms with Crippen molar-refractivity contribution < 1.29 is 17.9 Å². The molecule has 5 nitrogen and oxygen atoms in total. The summed E-state index contributed by atoms with van der Waals surface area (Å²) < 4.78 is 44.6. The molecular formula is C18H15F3N4OS. The fourth-order valence-electron chi connectivity index (χ4n) is 2.67. The summed E-state index contributed by atoms with van der Waals surface area (Å²) >= 11 is 5.17. The lowest BCUT2D eigenvalue weighted by molar-refractivity contribution is -0.0507. The van der Waals surface area contributed by atoms with E-state index in [9.17, 15) is 13.2 Å². The SMILES string of the molecule is Cc1cc(/C=N\n2c(-c3cccc(F)c3)n[nH]c2=S)cc(C)c1OC(F)F. The predicted molar refractivity (Wildman–Crippen MR) is 98.3 cm³/mol. The largest absolute Gasteiger partial charge is 0.434 e. The Morgan fingerprint density at radius 2 is 1.93 bits per heavy atom. The highest BCUT2D eigenvalue weighted by molar-refractivity contribution is 7.71. The van der Waals surface area contributed by atoms with Crippen LogP contribution in [0.3, 0.4) is 0 Å². The van der Waals surface area contributed by atoms with Gasteiger partial charge in [0.15, 0.2) is 5.82 Å². The molecule has 0 saturated carbocycles. The van der Waals surface area contributed by atoms with Crippen molar-refractivity contribution in [3.8, 4) is 17.1 Å². The Morgan fingerprint density at radius 1 is 1.22 bits per heavy atom. The van der Waals surface area contributed by atoms with E-state index in [0.29, 0.717) is 28.1 Å². The van der Waals surface area contributed by atoms with Gasteiger partial charge in [0.05, 0.1) is 6.21 Å². The molecule has 27 heavy (non-hydrogen) atoms. The fourth-order valence-corrected chi connectivity index (χ4v) is 2.85. The van der Waals surface area contributed by atoms with Crippen LogP contribution >= 0.6 is 12.2 Å². The highest BCUT2D eigenvalue weighted by Gasteiger charge is 2.12. The van der Waals surface area contributed by atoms with Crippen LogP contribution in [0.1, 0.15) is 16.7 Å². The molecule has 0 bridgehead atoms. The zero-order valence-corrected chi connectivity index (χ0v) is 15.2. The van der Waals surface area contributed by atoms with Gasteiger partial charge in [-0.05, 0) is 67.0 Å². The fraction of sp³-hybridized carbons (Fsp3) is 0.167. The van der Waals surface area contributed by atoms with Crippen LogP contribution < -0.4 is 4.74 Å². The first kappa shape index (κ1) is 18.8. The zero-order chi connectivity index (χ0) is 19.6. The molecule has 3 aromatic rings. The van der Waals surface area contributed by atoms with Crippen LogP contribution in [0.25, 0.3) is 11.4 Å². The third-order valence-electron chi connectivity index (χ3n) is 3.75. The van der Waals surface area contributed by atoms with Crippen LogP contribution in [0.5, 0.6) is 5.75 Å². The van der Waals surface area contributed by atoms with Gasteiger partial charge in [-0.2, -0.15) is 23.7 Å². The van der Waals surface area contributed by atoms with Gasteiger partial charge in [0, 0.05) is 5.56 Å². The number of rotatable bonds is 5. The Balaban J connectivity index is 1.96. The van der Waals surface area contributed by atoms with Gasteiger partial charge >= 0.3 is 6.61 Å². The number of H-pyrrole nitrogens is 1. The summed E-state index contributed by atoms with van der Waals surface area (Å²) in [5.74, 6) is 0.0854. The Labute approximate surface area is 158 Å².